The molecule has 0 saturated heterocycles. The summed E-state index contributed by atoms with van der Waals surface area (Å²) >= 11 is 0. The van der Waals surface area contributed by atoms with Crippen LogP contribution in [-0.4, -0.2) is 9.13 Å². The molecule has 57 heavy (non-hydrogen) atoms. The molecule has 0 aliphatic heterocycles. The van der Waals surface area contributed by atoms with Crippen LogP contribution in [0.2, 0.25) is 0 Å². The van der Waals surface area contributed by atoms with Crippen molar-refractivity contribution < 1.29 is 4.42 Å². The molecule has 0 aliphatic rings. The zero-order valence-corrected chi connectivity index (χ0v) is 30.9. The maximum absolute atomic E-state index is 6.94. The molecular weight excluding hydrogens is 693 g/mol. The Morgan fingerprint density at radius 2 is 0.842 bits per heavy atom. The summed E-state index contributed by atoms with van der Waals surface area (Å²) in [6.07, 6.45) is 0. The Bertz CT molecular complexity index is 3510. The molecule has 3 heteroatoms. The second-order valence-electron chi connectivity index (χ2n) is 14.9. The molecule has 3 aromatic heterocycles. The van der Waals surface area contributed by atoms with E-state index in [1.165, 1.54) is 54.8 Å². The van der Waals surface area contributed by atoms with Crippen molar-refractivity contribution in [2.45, 2.75) is 0 Å². The van der Waals surface area contributed by atoms with Gasteiger partial charge in [0.25, 0.3) is 0 Å². The van der Waals surface area contributed by atoms with Gasteiger partial charge in [-0.15, -0.1) is 0 Å². The van der Waals surface area contributed by atoms with Gasteiger partial charge in [0.05, 0.1) is 27.8 Å². The fraction of sp³-hybridized carbons (Fsp3) is 0. The van der Waals surface area contributed by atoms with Gasteiger partial charge in [-0.25, -0.2) is 0 Å². The largest absolute Gasteiger partial charge is 0.454 e. The number of hydrogen-bond acceptors (Lipinski definition) is 1. The van der Waals surface area contributed by atoms with Gasteiger partial charge in [-0.1, -0.05) is 158 Å². The number of furan rings is 1. The zero-order chi connectivity index (χ0) is 37.5. The molecule has 3 nitrogen and oxygen atoms in total. The first-order valence-electron chi connectivity index (χ1n) is 19.5. The second kappa shape index (κ2) is 12.5. The summed E-state index contributed by atoms with van der Waals surface area (Å²) in [7, 11) is 0. The van der Waals surface area contributed by atoms with E-state index in [1.54, 1.807) is 0 Å². The molecule has 0 spiro atoms. The summed E-state index contributed by atoms with van der Waals surface area (Å²) in [6, 6.07) is 74.3. The summed E-state index contributed by atoms with van der Waals surface area (Å²) in [4.78, 5) is 0. The molecule has 0 saturated carbocycles. The Morgan fingerprint density at radius 1 is 0.316 bits per heavy atom. The summed E-state index contributed by atoms with van der Waals surface area (Å²) in [5.74, 6) is 0. The van der Waals surface area contributed by atoms with Crippen molar-refractivity contribution >= 4 is 65.6 Å². The van der Waals surface area contributed by atoms with Crippen molar-refractivity contribution in [2.24, 2.45) is 0 Å². The van der Waals surface area contributed by atoms with Crippen LogP contribution in [0.4, 0.5) is 0 Å². The van der Waals surface area contributed by atoms with Gasteiger partial charge in [-0.3, -0.25) is 0 Å². The first-order chi connectivity index (χ1) is 28.3. The summed E-state index contributed by atoms with van der Waals surface area (Å²) in [5, 5.41) is 7.14. The minimum atomic E-state index is 0.874. The van der Waals surface area contributed by atoms with Crippen molar-refractivity contribution in [3.63, 3.8) is 0 Å². The third-order valence-corrected chi connectivity index (χ3v) is 11.7. The molecule has 0 fully saturated rings. The van der Waals surface area contributed by atoms with Crippen molar-refractivity contribution in [2.75, 3.05) is 0 Å². The van der Waals surface area contributed by atoms with Gasteiger partial charge in [-0.2, -0.15) is 0 Å². The number of fused-ring (bicyclic) bond motifs is 9. The average molecular weight is 727 g/mol. The predicted octanol–water partition coefficient (Wildman–Crippen LogP) is 14.8. The summed E-state index contributed by atoms with van der Waals surface area (Å²) < 4.78 is 11.7. The van der Waals surface area contributed by atoms with E-state index < -0.39 is 0 Å². The van der Waals surface area contributed by atoms with Crippen LogP contribution < -0.4 is 0 Å². The molecule has 0 unspecified atom stereocenters. The Morgan fingerprint density at radius 3 is 1.54 bits per heavy atom. The summed E-state index contributed by atoms with van der Waals surface area (Å²) in [6.45, 7) is 0. The lowest BCUT2D eigenvalue weighted by Crippen LogP contribution is -1.96. The van der Waals surface area contributed by atoms with Crippen molar-refractivity contribution in [1.29, 1.82) is 0 Å². The maximum Gasteiger partial charge on any atom is 0.160 e. The van der Waals surface area contributed by atoms with Gasteiger partial charge < -0.3 is 13.6 Å². The Balaban J connectivity index is 1.11. The van der Waals surface area contributed by atoms with Crippen LogP contribution in [0.25, 0.3) is 110 Å². The van der Waals surface area contributed by atoms with Crippen LogP contribution in [0.3, 0.4) is 0 Å². The molecule has 266 valence electrons. The maximum atomic E-state index is 6.94. The number of aromatic nitrogens is 2. The highest BCUT2D eigenvalue weighted by molar-refractivity contribution is 6.18. The molecular formula is C54H34N2O. The Hall–Kier alpha value is -7.62. The Labute approximate surface area is 328 Å². The van der Waals surface area contributed by atoms with Gasteiger partial charge in [0.15, 0.2) is 5.58 Å². The second-order valence-corrected chi connectivity index (χ2v) is 14.9. The molecule has 0 bridgehead atoms. The van der Waals surface area contributed by atoms with Gasteiger partial charge in [0, 0.05) is 38.0 Å². The molecule has 3 heterocycles. The van der Waals surface area contributed by atoms with Gasteiger partial charge >= 0.3 is 0 Å². The smallest absolute Gasteiger partial charge is 0.160 e. The van der Waals surface area contributed by atoms with Crippen LogP contribution in [0.5, 0.6) is 0 Å². The van der Waals surface area contributed by atoms with E-state index in [4.69, 9.17) is 4.42 Å². The lowest BCUT2D eigenvalue weighted by molar-refractivity contribution is 0.666. The fourth-order valence-electron chi connectivity index (χ4n) is 9.22. The number of hydrogen-bond donors (Lipinski definition) is 0. The molecule has 0 N–H and O–H groups in total. The number of nitrogens with zero attached hydrogens (tertiary/aromatic N) is 2. The van der Waals surface area contributed by atoms with Crippen LogP contribution in [-0.2, 0) is 0 Å². The lowest BCUT2D eigenvalue weighted by Gasteiger charge is -2.15. The van der Waals surface area contributed by atoms with Crippen LogP contribution in [0.1, 0.15) is 0 Å². The Kier molecular flexibility index (Phi) is 6.93. The highest BCUT2D eigenvalue weighted by Crippen LogP contribution is 2.45. The molecule has 0 atom stereocenters. The molecule has 9 aromatic carbocycles. The van der Waals surface area contributed by atoms with E-state index in [1.807, 2.05) is 0 Å². The van der Waals surface area contributed by atoms with Gasteiger partial charge in [0.2, 0.25) is 0 Å². The monoisotopic (exact) mass is 726 g/mol. The standard InChI is InChI=1S/C54H34N2O/c1-3-15-35(16-4-1)39-19-7-8-20-40(39)45-31-32-49(54-53(45)46-23-11-14-26-52(46)57-54)56-48-25-13-10-22-42(48)44-30-28-37(34-51(44)56)36-27-29-43-41-21-9-12-24-47(41)55(50(43)33-36)38-17-5-2-6-18-38/h1-34H. The van der Waals surface area contributed by atoms with Crippen molar-refractivity contribution in [3.05, 3.63) is 206 Å². The topological polar surface area (TPSA) is 23.0 Å². The van der Waals surface area contributed by atoms with E-state index in [2.05, 4.69) is 215 Å². The summed E-state index contributed by atoms with van der Waals surface area (Å²) in [5.41, 5.74) is 15.6. The van der Waals surface area contributed by atoms with E-state index in [-0.39, 0.29) is 0 Å². The first kappa shape index (κ1) is 31.7. The van der Waals surface area contributed by atoms with Crippen LogP contribution in [0, 0.1) is 0 Å². The molecule has 12 aromatic rings. The minimum Gasteiger partial charge on any atom is -0.454 e. The lowest BCUT2D eigenvalue weighted by atomic mass is 9.91. The van der Waals surface area contributed by atoms with E-state index in [9.17, 15) is 0 Å². The molecule has 0 amide bonds. The van der Waals surface area contributed by atoms with Crippen LogP contribution >= 0.6 is 0 Å². The zero-order valence-electron chi connectivity index (χ0n) is 30.9. The van der Waals surface area contributed by atoms with E-state index in [0.717, 1.165) is 55.5 Å². The average Bonchev–Trinajstić information content (AvgIpc) is 3.94. The number of para-hydroxylation sites is 4. The molecule has 0 radical (unpaired) electrons. The third-order valence-electron chi connectivity index (χ3n) is 11.7. The number of benzene rings is 9. The number of rotatable bonds is 5. The highest BCUT2D eigenvalue weighted by atomic mass is 16.3. The predicted molar refractivity (Wildman–Crippen MR) is 239 cm³/mol. The molecule has 0 aliphatic carbocycles. The SMILES string of the molecule is c1ccc(-c2ccccc2-c2ccc(-n3c4ccccc4c4ccc(-c5ccc6c7ccccc7n(-c7ccccc7)c6c5)cc43)c3oc4ccccc4c23)cc1. The highest BCUT2D eigenvalue weighted by Gasteiger charge is 2.22. The van der Waals surface area contributed by atoms with Crippen LogP contribution in [0.15, 0.2) is 211 Å². The van der Waals surface area contributed by atoms with Gasteiger partial charge in [0.1, 0.15) is 5.58 Å². The quantitative estimate of drug-likeness (QED) is 0.173. The van der Waals surface area contributed by atoms with E-state index >= 15 is 0 Å². The first-order valence-corrected chi connectivity index (χ1v) is 19.5. The van der Waals surface area contributed by atoms with Crippen molar-refractivity contribution in [1.82, 2.24) is 9.13 Å². The van der Waals surface area contributed by atoms with E-state index in [0.29, 0.717) is 0 Å². The third kappa shape index (κ3) is 4.79. The molecule has 12 rings (SSSR count). The normalized spacial score (nSPS) is 11.9. The fourth-order valence-corrected chi connectivity index (χ4v) is 9.22. The van der Waals surface area contributed by atoms with Crippen molar-refractivity contribution in [3.8, 4) is 44.8 Å². The minimum absolute atomic E-state index is 0.874. The van der Waals surface area contributed by atoms with Gasteiger partial charge in [-0.05, 0) is 81.9 Å².